The van der Waals surface area contributed by atoms with Crippen LogP contribution in [0.25, 0.3) is 0 Å². The van der Waals surface area contributed by atoms with Gasteiger partial charge in [0.25, 0.3) is 0 Å². The molecule has 1 saturated carbocycles. The number of hydrogen-bond acceptors (Lipinski definition) is 2. The molecular formula is C12H19NO2. The number of carbonyl (C=O) groups is 2. The van der Waals surface area contributed by atoms with E-state index in [4.69, 9.17) is 0 Å². The van der Waals surface area contributed by atoms with Crippen molar-refractivity contribution in [1.82, 2.24) is 4.90 Å². The molecule has 1 aliphatic heterocycles. The summed E-state index contributed by atoms with van der Waals surface area (Å²) in [6.07, 6.45) is 6.09. The van der Waals surface area contributed by atoms with E-state index < -0.39 is 0 Å². The maximum atomic E-state index is 12.1. The van der Waals surface area contributed by atoms with Crippen LogP contribution in [0.4, 0.5) is 0 Å². The molecule has 2 rings (SSSR count). The fourth-order valence-electron chi connectivity index (χ4n) is 2.79. The van der Waals surface area contributed by atoms with E-state index in [0.717, 1.165) is 45.1 Å². The number of ketones is 1. The Morgan fingerprint density at radius 2 is 1.87 bits per heavy atom. The fourth-order valence-corrected chi connectivity index (χ4v) is 2.79. The first-order valence-corrected chi connectivity index (χ1v) is 5.99. The predicted molar refractivity (Wildman–Crippen MR) is 57.3 cm³/mol. The largest absolute Gasteiger partial charge is 0.345 e. The normalized spacial score (nSPS) is 28.5. The molecule has 0 aromatic rings. The zero-order valence-electron chi connectivity index (χ0n) is 9.37. The topological polar surface area (TPSA) is 37.4 Å². The highest BCUT2D eigenvalue weighted by atomic mass is 16.2. The molecule has 0 aromatic heterocycles. The molecule has 2 aliphatic rings. The molecule has 2 fully saturated rings. The van der Waals surface area contributed by atoms with E-state index in [1.807, 2.05) is 0 Å². The van der Waals surface area contributed by atoms with Crippen LogP contribution in [0.2, 0.25) is 0 Å². The molecule has 3 heteroatoms. The van der Waals surface area contributed by atoms with Crippen molar-refractivity contribution < 1.29 is 9.59 Å². The van der Waals surface area contributed by atoms with Crippen LogP contribution in [-0.2, 0) is 9.59 Å². The Hall–Kier alpha value is -0.860. The van der Waals surface area contributed by atoms with Gasteiger partial charge in [-0.3, -0.25) is 9.59 Å². The Kier molecular flexibility index (Phi) is 3.08. The van der Waals surface area contributed by atoms with E-state index in [9.17, 15) is 9.59 Å². The Morgan fingerprint density at radius 1 is 1.20 bits per heavy atom. The lowest BCUT2D eigenvalue weighted by atomic mass is 9.85. The third-order valence-corrected chi connectivity index (χ3v) is 3.76. The van der Waals surface area contributed by atoms with E-state index in [2.05, 4.69) is 0 Å². The Balaban J connectivity index is 2.02. The summed E-state index contributed by atoms with van der Waals surface area (Å²) in [6, 6.07) is 0. The molecule has 1 heterocycles. The average molecular weight is 209 g/mol. The molecule has 3 nitrogen and oxygen atoms in total. The molecule has 1 amide bonds. The second-order valence-electron chi connectivity index (χ2n) is 4.84. The molecule has 0 N–H and O–H groups in total. The van der Waals surface area contributed by atoms with E-state index in [-0.39, 0.29) is 23.5 Å². The summed E-state index contributed by atoms with van der Waals surface area (Å²) < 4.78 is 0. The molecule has 84 valence electrons. The molecule has 15 heavy (non-hydrogen) atoms. The van der Waals surface area contributed by atoms with E-state index in [1.54, 1.807) is 11.9 Å². The summed E-state index contributed by atoms with van der Waals surface area (Å²) in [6.45, 7) is 0.813. The van der Waals surface area contributed by atoms with Crippen molar-refractivity contribution in [3.63, 3.8) is 0 Å². The summed E-state index contributed by atoms with van der Waals surface area (Å²) in [7, 11) is 1.80. The summed E-state index contributed by atoms with van der Waals surface area (Å²) >= 11 is 0. The molecule has 0 spiro atoms. The number of piperidine rings is 1. The van der Waals surface area contributed by atoms with Gasteiger partial charge in [-0.1, -0.05) is 12.8 Å². The van der Waals surface area contributed by atoms with Gasteiger partial charge in [0.15, 0.2) is 0 Å². The van der Waals surface area contributed by atoms with Crippen LogP contribution >= 0.6 is 0 Å². The number of likely N-dealkylation sites (tertiary alicyclic amines) is 1. The highest BCUT2D eigenvalue weighted by Gasteiger charge is 2.36. The van der Waals surface area contributed by atoms with Crippen molar-refractivity contribution in [3.8, 4) is 0 Å². The molecule has 1 aliphatic carbocycles. The first-order valence-electron chi connectivity index (χ1n) is 5.99. The van der Waals surface area contributed by atoms with Gasteiger partial charge >= 0.3 is 0 Å². The standard InChI is InChI=1S/C12H19NO2/c1-13-8-4-7-10(12(13)15)11(14)9-5-2-3-6-9/h9-10H,2-8H2,1H3. The van der Waals surface area contributed by atoms with Crippen LogP contribution in [0.15, 0.2) is 0 Å². The quantitative estimate of drug-likeness (QED) is 0.648. The van der Waals surface area contributed by atoms with Crippen molar-refractivity contribution in [2.75, 3.05) is 13.6 Å². The third kappa shape index (κ3) is 2.06. The van der Waals surface area contributed by atoms with Crippen LogP contribution in [-0.4, -0.2) is 30.2 Å². The van der Waals surface area contributed by atoms with Gasteiger partial charge in [-0.15, -0.1) is 0 Å². The van der Waals surface area contributed by atoms with Gasteiger partial charge in [0.2, 0.25) is 5.91 Å². The monoisotopic (exact) mass is 209 g/mol. The second kappa shape index (κ2) is 4.33. The molecule has 1 saturated heterocycles. The van der Waals surface area contributed by atoms with Gasteiger partial charge < -0.3 is 4.90 Å². The number of rotatable bonds is 2. The van der Waals surface area contributed by atoms with Crippen molar-refractivity contribution in [2.45, 2.75) is 38.5 Å². The zero-order valence-corrected chi connectivity index (χ0v) is 9.37. The maximum Gasteiger partial charge on any atom is 0.232 e. The van der Waals surface area contributed by atoms with Crippen LogP contribution < -0.4 is 0 Å². The van der Waals surface area contributed by atoms with Crippen LogP contribution in [0.1, 0.15) is 38.5 Å². The minimum atomic E-state index is -0.313. The SMILES string of the molecule is CN1CCCC(C(=O)C2CCCC2)C1=O. The molecule has 0 bridgehead atoms. The first kappa shape index (κ1) is 10.7. The summed E-state index contributed by atoms with van der Waals surface area (Å²) in [4.78, 5) is 25.6. The number of Topliss-reactive ketones (excluding diaryl/α,β-unsaturated/α-hetero) is 1. The predicted octanol–water partition coefficient (Wildman–Crippen LogP) is 1.61. The van der Waals surface area contributed by atoms with Crippen molar-refractivity contribution in [3.05, 3.63) is 0 Å². The van der Waals surface area contributed by atoms with E-state index in [0.29, 0.717) is 0 Å². The first-order chi connectivity index (χ1) is 7.20. The highest BCUT2D eigenvalue weighted by Crippen LogP contribution is 2.30. The molecular weight excluding hydrogens is 190 g/mol. The third-order valence-electron chi connectivity index (χ3n) is 3.76. The minimum absolute atomic E-state index is 0.0538. The minimum Gasteiger partial charge on any atom is -0.345 e. The number of hydrogen-bond donors (Lipinski definition) is 0. The lowest BCUT2D eigenvalue weighted by Crippen LogP contribution is -2.43. The fraction of sp³-hybridized carbons (Fsp3) is 0.833. The average Bonchev–Trinajstić information content (AvgIpc) is 2.74. The van der Waals surface area contributed by atoms with Gasteiger partial charge in [-0.2, -0.15) is 0 Å². The number of carbonyl (C=O) groups excluding carboxylic acids is 2. The van der Waals surface area contributed by atoms with Crippen LogP contribution in [0, 0.1) is 11.8 Å². The Bertz CT molecular complexity index is 269. The lowest BCUT2D eigenvalue weighted by Gasteiger charge is -2.29. The molecule has 1 unspecified atom stereocenters. The second-order valence-corrected chi connectivity index (χ2v) is 4.84. The zero-order chi connectivity index (χ0) is 10.8. The smallest absolute Gasteiger partial charge is 0.232 e. The molecule has 0 aromatic carbocycles. The van der Waals surface area contributed by atoms with Crippen molar-refractivity contribution >= 4 is 11.7 Å². The van der Waals surface area contributed by atoms with Crippen LogP contribution in [0.5, 0.6) is 0 Å². The van der Waals surface area contributed by atoms with Crippen LogP contribution in [0.3, 0.4) is 0 Å². The van der Waals surface area contributed by atoms with Gasteiger partial charge in [0.05, 0.1) is 5.92 Å². The van der Waals surface area contributed by atoms with E-state index >= 15 is 0 Å². The van der Waals surface area contributed by atoms with Gasteiger partial charge in [0.1, 0.15) is 5.78 Å². The van der Waals surface area contributed by atoms with Crippen molar-refractivity contribution in [1.29, 1.82) is 0 Å². The maximum absolute atomic E-state index is 12.1. The number of amides is 1. The Morgan fingerprint density at radius 3 is 2.53 bits per heavy atom. The van der Waals surface area contributed by atoms with Crippen molar-refractivity contribution in [2.24, 2.45) is 11.8 Å². The summed E-state index contributed by atoms with van der Waals surface area (Å²) in [5.41, 5.74) is 0. The van der Waals surface area contributed by atoms with E-state index in [1.165, 1.54) is 0 Å². The Labute approximate surface area is 90.8 Å². The van der Waals surface area contributed by atoms with Gasteiger partial charge in [-0.05, 0) is 25.7 Å². The van der Waals surface area contributed by atoms with Gasteiger partial charge in [0, 0.05) is 19.5 Å². The molecule has 0 radical (unpaired) electrons. The summed E-state index contributed by atoms with van der Waals surface area (Å²) in [5.74, 6) is 0.152. The van der Waals surface area contributed by atoms with Gasteiger partial charge in [-0.25, -0.2) is 0 Å². The lowest BCUT2D eigenvalue weighted by molar-refractivity contribution is -0.144. The number of nitrogens with zero attached hydrogens (tertiary/aromatic N) is 1. The highest BCUT2D eigenvalue weighted by molar-refractivity contribution is 6.02. The molecule has 1 atom stereocenters. The summed E-state index contributed by atoms with van der Waals surface area (Å²) in [5, 5.41) is 0.